The summed E-state index contributed by atoms with van der Waals surface area (Å²) in [5.41, 5.74) is 2.95. The minimum absolute atomic E-state index is 0. The van der Waals surface area contributed by atoms with Gasteiger partial charge in [-0.3, -0.25) is 4.79 Å². The normalized spacial score (nSPS) is 11.8. The Balaban J connectivity index is 0.000000259. The largest absolute Gasteiger partial charge is 1.00 e. The van der Waals surface area contributed by atoms with Crippen LogP contribution in [0.3, 0.4) is 0 Å². The summed E-state index contributed by atoms with van der Waals surface area (Å²) in [5.74, 6) is -1.90. The van der Waals surface area contributed by atoms with E-state index >= 15 is 0 Å². The summed E-state index contributed by atoms with van der Waals surface area (Å²) in [6.45, 7) is 12.5. The van der Waals surface area contributed by atoms with Crippen LogP contribution in [0.4, 0.5) is 14.5 Å². The van der Waals surface area contributed by atoms with Crippen molar-refractivity contribution in [2.75, 3.05) is 11.9 Å². The molecule has 0 aliphatic carbocycles. The predicted molar refractivity (Wildman–Crippen MR) is 212 cm³/mol. The summed E-state index contributed by atoms with van der Waals surface area (Å²) in [7, 11) is 0. The van der Waals surface area contributed by atoms with Crippen LogP contribution in [0.5, 0.6) is 11.6 Å². The number of aryl methyl sites for hydroxylation is 1. The Bertz CT molecular complexity index is 2490. The molecular weight excluding hydrogens is 777 g/mol. The quantitative estimate of drug-likeness (QED) is 0.115. The summed E-state index contributed by atoms with van der Waals surface area (Å²) >= 11 is 6.51. The van der Waals surface area contributed by atoms with Crippen LogP contribution >= 0.6 is 11.6 Å². The number of nitrogens with zero attached hydrogens (tertiary/aromatic N) is 6. The molecule has 3 N–H and O–H groups in total. The first-order valence-electron chi connectivity index (χ1n) is 17.6. The number of fused-ring (bicyclic) bond motifs is 1. The molecule has 0 aliphatic rings. The minimum atomic E-state index is -1.17. The number of anilines is 1. The van der Waals surface area contributed by atoms with Gasteiger partial charge in [0.2, 0.25) is 5.88 Å². The molecule has 4 heterocycles. The maximum atomic E-state index is 14.7. The third-order valence-corrected chi connectivity index (χ3v) is 8.63. The summed E-state index contributed by atoms with van der Waals surface area (Å²) < 4.78 is 40.2. The number of ether oxygens (including phenoxy) is 2. The van der Waals surface area contributed by atoms with Crippen LogP contribution in [0.15, 0.2) is 79.3 Å². The molecule has 0 aliphatic heterocycles. The topological polar surface area (TPSA) is 185 Å². The molecule has 13 nitrogen and oxygen atoms in total. The number of amides is 1. The molecule has 0 saturated heterocycles. The van der Waals surface area contributed by atoms with Crippen LogP contribution in [0.2, 0.25) is 5.02 Å². The first-order valence-corrected chi connectivity index (χ1v) is 17.9. The van der Waals surface area contributed by atoms with Gasteiger partial charge in [0.05, 0.1) is 68.8 Å². The van der Waals surface area contributed by atoms with Crippen molar-refractivity contribution in [1.29, 1.82) is 5.26 Å². The first kappa shape index (κ1) is 45.5. The van der Waals surface area contributed by atoms with Crippen LogP contribution in [0.25, 0.3) is 22.3 Å². The number of carboxylic acid groups (broad SMARTS) is 1. The molecule has 0 radical (unpaired) electrons. The molecule has 6 rings (SSSR count). The van der Waals surface area contributed by atoms with Crippen LogP contribution in [0.1, 0.15) is 66.5 Å². The van der Waals surface area contributed by atoms with E-state index in [0.29, 0.717) is 39.7 Å². The Kier molecular flexibility index (Phi) is 15.4. The van der Waals surface area contributed by atoms with Crippen molar-refractivity contribution < 1.29 is 51.8 Å². The fourth-order valence-electron chi connectivity index (χ4n) is 5.28. The zero-order chi connectivity index (χ0) is 42.1. The van der Waals surface area contributed by atoms with Crippen LogP contribution in [-0.4, -0.2) is 60.2 Å². The maximum absolute atomic E-state index is 14.7. The van der Waals surface area contributed by atoms with E-state index in [1.807, 2.05) is 18.2 Å². The predicted octanol–water partition coefficient (Wildman–Crippen LogP) is 5.23. The molecule has 0 bridgehead atoms. The van der Waals surface area contributed by atoms with Gasteiger partial charge >= 0.3 is 24.8 Å². The number of benzene rings is 2. The molecule has 0 spiro atoms. The van der Waals surface area contributed by atoms with Gasteiger partial charge in [-0.2, -0.15) is 23.8 Å². The number of hydrogen-bond donors (Lipinski definition) is 3. The second kappa shape index (κ2) is 20.0. The number of carbonyl (C=O) groups excluding carboxylic acids is 1. The molecule has 0 saturated carbocycles. The van der Waals surface area contributed by atoms with Crippen molar-refractivity contribution in [2.24, 2.45) is 0 Å². The van der Waals surface area contributed by atoms with E-state index in [0.717, 1.165) is 5.56 Å². The zero-order valence-corrected chi connectivity index (χ0v) is 33.7. The fraction of sp³-hybridized carbons (Fsp3) is 0.214. The van der Waals surface area contributed by atoms with Gasteiger partial charge < -0.3 is 35.2 Å². The third-order valence-electron chi connectivity index (χ3n) is 8.17. The van der Waals surface area contributed by atoms with Gasteiger partial charge in [-0.15, -0.1) is 12.1 Å². The van der Waals surface area contributed by atoms with E-state index in [1.54, 1.807) is 46.8 Å². The zero-order valence-electron chi connectivity index (χ0n) is 33.0. The number of rotatable bonds is 11. The van der Waals surface area contributed by atoms with Gasteiger partial charge in [0.1, 0.15) is 17.2 Å². The number of halogens is 3. The Morgan fingerprint density at radius 3 is 2.39 bits per heavy atom. The number of pyridine rings is 3. The van der Waals surface area contributed by atoms with Crippen molar-refractivity contribution in [3.63, 3.8) is 0 Å². The molecule has 1 amide bonds. The SMILES string of the molecule is Cc1nc2cc(F)c(-c3cn[c-]nc3)nc2c(N[C@H](C)c2cc(C#N)ccc2F)c1Cl.[CH2-]c1cccc(Oc2ccc(C(=O)N[C@@H](COC(C)(C)C)C(=O)O)cn2)c1.[Li+]. The number of aromatic nitrogens is 5. The number of carboxylic acids is 1. The summed E-state index contributed by atoms with van der Waals surface area (Å²) in [6.07, 6.45) is 6.50. The van der Waals surface area contributed by atoms with E-state index < -0.39 is 41.2 Å². The van der Waals surface area contributed by atoms with E-state index in [-0.39, 0.29) is 52.8 Å². The number of nitrogens with one attached hydrogen (secondary N) is 2. The third kappa shape index (κ3) is 12.2. The number of nitriles is 1. The summed E-state index contributed by atoms with van der Waals surface area (Å²) in [6, 6.07) is 15.9. The Morgan fingerprint density at radius 2 is 1.76 bits per heavy atom. The summed E-state index contributed by atoms with van der Waals surface area (Å²) in [5, 5.41) is 24.3. The Morgan fingerprint density at radius 1 is 1.03 bits per heavy atom. The van der Waals surface area contributed by atoms with Crippen molar-refractivity contribution >= 4 is 40.2 Å². The molecule has 298 valence electrons. The van der Waals surface area contributed by atoms with Crippen molar-refractivity contribution in [1.82, 2.24) is 30.2 Å². The maximum Gasteiger partial charge on any atom is 1.00 e. The van der Waals surface area contributed by atoms with Crippen molar-refractivity contribution in [2.45, 2.75) is 52.3 Å². The number of carbonyl (C=O) groups is 2. The number of aliphatic carboxylic acids is 1. The molecule has 59 heavy (non-hydrogen) atoms. The first-order chi connectivity index (χ1) is 27.5. The molecular formula is C42H37ClF2LiN8O5-. The standard InChI is InChI=1S/C22H14ClF2N6.C20H23N2O5.Li/c1-11(15-5-13(7-26)3-4-16(15)24)30-22-19(23)12(2)29-18-6-17(25)20(31-21(18)22)14-8-27-10-28-9-14;1-13-6-5-7-15(10-13)27-17-9-8-14(11-21-17)18(23)22-16(19(24)25)12-26-20(2,3)4;/h3-6,8-9,11H,1-2H3,(H,29,30);5-11,16H,1,12H2,2-4H3,(H,22,23)(H,24,25);/q2*-1;+1/t11-;16-;/m10./s1. The van der Waals surface area contributed by atoms with Gasteiger partial charge in [-0.25, -0.2) is 28.5 Å². The molecule has 2 aromatic carbocycles. The van der Waals surface area contributed by atoms with Gasteiger partial charge in [0, 0.05) is 30.2 Å². The van der Waals surface area contributed by atoms with Crippen molar-refractivity contribution in [3.8, 4) is 29.0 Å². The average molecular weight is 814 g/mol. The Labute approximate surface area is 356 Å². The number of hydrogen-bond acceptors (Lipinski definition) is 11. The Hall–Kier alpha value is -6.16. The van der Waals surface area contributed by atoms with Crippen LogP contribution < -0.4 is 34.2 Å². The second-order valence-corrected chi connectivity index (χ2v) is 14.2. The van der Waals surface area contributed by atoms with E-state index in [4.69, 9.17) is 26.3 Å². The molecule has 17 heteroatoms. The molecule has 2 atom stereocenters. The van der Waals surface area contributed by atoms with Gasteiger partial charge in [-0.1, -0.05) is 29.6 Å². The second-order valence-electron chi connectivity index (χ2n) is 13.8. The average Bonchev–Trinajstić information content (AvgIpc) is 3.18. The van der Waals surface area contributed by atoms with Gasteiger partial charge in [0.25, 0.3) is 5.91 Å². The van der Waals surface area contributed by atoms with Crippen LogP contribution in [0, 0.1) is 43.1 Å². The fourth-order valence-corrected chi connectivity index (χ4v) is 5.46. The molecule has 6 aromatic rings. The van der Waals surface area contributed by atoms with Gasteiger partial charge in [-0.05, 0) is 65.0 Å². The summed E-state index contributed by atoms with van der Waals surface area (Å²) in [4.78, 5) is 44.0. The molecule has 0 fully saturated rings. The van der Waals surface area contributed by atoms with Crippen molar-refractivity contribution in [3.05, 3.63) is 137 Å². The van der Waals surface area contributed by atoms with E-state index in [2.05, 4.69) is 48.8 Å². The monoisotopic (exact) mass is 813 g/mol. The minimum Gasteiger partial charge on any atom is -0.480 e. The molecule has 0 unspecified atom stereocenters. The van der Waals surface area contributed by atoms with E-state index in [9.17, 15) is 23.5 Å². The van der Waals surface area contributed by atoms with Gasteiger partial charge in [0.15, 0.2) is 6.04 Å². The van der Waals surface area contributed by atoms with E-state index in [1.165, 1.54) is 55.0 Å². The smallest absolute Gasteiger partial charge is 0.480 e. The van der Waals surface area contributed by atoms with Crippen LogP contribution in [-0.2, 0) is 9.53 Å². The molecule has 4 aromatic heterocycles.